The van der Waals surface area contributed by atoms with Crippen LogP contribution in [0.2, 0.25) is 0 Å². The Bertz CT molecular complexity index is 874. The number of carbonyl (C=O) groups is 1. The standard InChI is InChI=1S/C19H21N3O3S/c1-13-4-5-16(24-3)15(10-13)11-22(2)18(23)7-6-17-20-19(21-25-17)14-8-9-26-12-14/h4-5,8-10,12H,6-7,11H2,1-3H3. The summed E-state index contributed by atoms with van der Waals surface area (Å²) in [5.41, 5.74) is 3.05. The minimum Gasteiger partial charge on any atom is -0.496 e. The SMILES string of the molecule is COc1ccc(C)cc1CN(C)C(=O)CCc1nc(-c2ccsc2)no1. The summed E-state index contributed by atoms with van der Waals surface area (Å²) in [4.78, 5) is 18.5. The number of thiophene rings is 1. The zero-order chi connectivity index (χ0) is 18.5. The monoisotopic (exact) mass is 371 g/mol. The Labute approximate surface area is 156 Å². The quantitative estimate of drug-likeness (QED) is 0.633. The highest BCUT2D eigenvalue weighted by Gasteiger charge is 2.15. The van der Waals surface area contributed by atoms with Gasteiger partial charge in [-0.25, -0.2) is 0 Å². The van der Waals surface area contributed by atoms with Gasteiger partial charge in [-0.3, -0.25) is 4.79 Å². The van der Waals surface area contributed by atoms with Gasteiger partial charge in [0.15, 0.2) is 0 Å². The molecular formula is C19H21N3O3S. The van der Waals surface area contributed by atoms with E-state index in [2.05, 4.69) is 10.1 Å². The minimum absolute atomic E-state index is 0.0174. The Morgan fingerprint density at radius 3 is 2.92 bits per heavy atom. The maximum absolute atomic E-state index is 12.4. The van der Waals surface area contributed by atoms with E-state index in [0.717, 1.165) is 22.4 Å². The molecule has 7 heteroatoms. The maximum Gasteiger partial charge on any atom is 0.227 e. The third-order valence-corrected chi connectivity index (χ3v) is 4.75. The van der Waals surface area contributed by atoms with Gasteiger partial charge in [0.05, 0.1) is 7.11 Å². The fraction of sp³-hybridized carbons (Fsp3) is 0.316. The number of ether oxygens (including phenoxy) is 1. The topological polar surface area (TPSA) is 68.5 Å². The summed E-state index contributed by atoms with van der Waals surface area (Å²) in [5, 5.41) is 7.88. The third kappa shape index (κ3) is 4.29. The smallest absolute Gasteiger partial charge is 0.227 e. The molecule has 1 aromatic carbocycles. The molecule has 2 heterocycles. The molecule has 3 rings (SSSR count). The molecule has 3 aromatic rings. The molecule has 136 valence electrons. The van der Waals surface area contributed by atoms with Gasteiger partial charge >= 0.3 is 0 Å². The summed E-state index contributed by atoms with van der Waals surface area (Å²) in [6, 6.07) is 7.89. The van der Waals surface area contributed by atoms with Crippen molar-refractivity contribution in [3.63, 3.8) is 0 Å². The van der Waals surface area contributed by atoms with Gasteiger partial charge in [0.25, 0.3) is 0 Å². The third-order valence-electron chi connectivity index (χ3n) is 4.07. The van der Waals surface area contributed by atoms with Gasteiger partial charge in [0, 0.05) is 42.9 Å². The number of hydrogen-bond acceptors (Lipinski definition) is 6. The summed E-state index contributed by atoms with van der Waals surface area (Å²) < 4.78 is 10.6. The van der Waals surface area contributed by atoms with Gasteiger partial charge in [-0.2, -0.15) is 16.3 Å². The minimum atomic E-state index is 0.0174. The number of carbonyl (C=O) groups excluding carboxylic acids is 1. The molecule has 0 aliphatic heterocycles. The molecule has 0 spiro atoms. The van der Waals surface area contributed by atoms with Gasteiger partial charge in [-0.15, -0.1) is 0 Å². The molecule has 0 fully saturated rings. The first kappa shape index (κ1) is 18.1. The van der Waals surface area contributed by atoms with Gasteiger partial charge in [0.2, 0.25) is 17.6 Å². The number of aryl methyl sites for hydroxylation is 2. The van der Waals surface area contributed by atoms with Crippen molar-refractivity contribution in [1.29, 1.82) is 0 Å². The van der Waals surface area contributed by atoms with Crippen LogP contribution in [0.5, 0.6) is 5.75 Å². The summed E-state index contributed by atoms with van der Waals surface area (Å²) >= 11 is 1.58. The van der Waals surface area contributed by atoms with Crippen LogP contribution in [0.25, 0.3) is 11.4 Å². The lowest BCUT2D eigenvalue weighted by atomic mass is 10.1. The first-order chi connectivity index (χ1) is 12.6. The summed E-state index contributed by atoms with van der Waals surface area (Å²) in [6.07, 6.45) is 0.737. The van der Waals surface area contributed by atoms with E-state index in [-0.39, 0.29) is 5.91 Å². The van der Waals surface area contributed by atoms with Crippen molar-refractivity contribution in [2.24, 2.45) is 0 Å². The highest BCUT2D eigenvalue weighted by Crippen LogP contribution is 2.22. The van der Waals surface area contributed by atoms with E-state index in [0.29, 0.717) is 31.1 Å². The highest BCUT2D eigenvalue weighted by atomic mass is 32.1. The molecular weight excluding hydrogens is 350 g/mol. The number of benzene rings is 1. The number of amides is 1. The number of aromatic nitrogens is 2. The lowest BCUT2D eigenvalue weighted by Crippen LogP contribution is -2.26. The van der Waals surface area contributed by atoms with Crippen LogP contribution < -0.4 is 4.74 Å². The van der Waals surface area contributed by atoms with E-state index in [1.165, 1.54) is 0 Å². The van der Waals surface area contributed by atoms with Crippen LogP contribution in [-0.4, -0.2) is 35.1 Å². The Hall–Kier alpha value is -2.67. The first-order valence-electron chi connectivity index (χ1n) is 8.29. The van der Waals surface area contributed by atoms with Crippen LogP contribution >= 0.6 is 11.3 Å². The van der Waals surface area contributed by atoms with Crippen molar-refractivity contribution in [3.8, 4) is 17.1 Å². The van der Waals surface area contributed by atoms with E-state index < -0.39 is 0 Å². The van der Waals surface area contributed by atoms with Crippen LogP contribution in [0.1, 0.15) is 23.4 Å². The van der Waals surface area contributed by atoms with Gasteiger partial charge < -0.3 is 14.2 Å². The molecule has 0 radical (unpaired) electrons. The fourth-order valence-electron chi connectivity index (χ4n) is 2.64. The normalized spacial score (nSPS) is 10.7. The molecule has 26 heavy (non-hydrogen) atoms. The summed E-state index contributed by atoms with van der Waals surface area (Å²) in [6.45, 7) is 2.51. The van der Waals surface area contributed by atoms with Crippen molar-refractivity contribution in [2.75, 3.05) is 14.2 Å². The molecule has 6 nitrogen and oxygen atoms in total. The van der Waals surface area contributed by atoms with E-state index in [1.54, 1.807) is 30.4 Å². The lowest BCUT2D eigenvalue weighted by molar-refractivity contribution is -0.130. The average molecular weight is 371 g/mol. The maximum atomic E-state index is 12.4. The van der Waals surface area contributed by atoms with Crippen LogP contribution in [0.3, 0.4) is 0 Å². The Kier molecular flexibility index (Phi) is 5.68. The Morgan fingerprint density at radius 1 is 1.35 bits per heavy atom. The second-order valence-electron chi connectivity index (χ2n) is 6.09. The molecule has 0 aliphatic carbocycles. The average Bonchev–Trinajstić information content (AvgIpc) is 3.31. The van der Waals surface area contributed by atoms with Crippen LogP contribution in [0, 0.1) is 6.92 Å². The molecule has 0 saturated heterocycles. The number of methoxy groups -OCH3 is 1. The summed E-state index contributed by atoms with van der Waals surface area (Å²) in [7, 11) is 3.42. The summed E-state index contributed by atoms with van der Waals surface area (Å²) in [5.74, 6) is 1.84. The van der Waals surface area contributed by atoms with Gasteiger partial charge in [0.1, 0.15) is 5.75 Å². The second-order valence-corrected chi connectivity index (χ2v) is 6.87. The molecule has 0 aliphatic rings. The Morgan fingerprint density at radius 2 is 2.19 bits per heavy atom. The largest absolute Gasteiger partial charge is 0.496 e. The van der Waals surface area contributed by atoms with Crippen molar-refractivity contribution in [3.05, 3.63) is 52.0 Å². The van der Waals surface area contributed by atoms with Crippen molar-refractivity contribution in [1.82, 2.24) is 15.0 Å². The zero-order valence-electron chi connectivity index (χ0n) is 15.1. The van der Waals surface area contributed by atoms with Crippen LogP contribution in [-0.2, 0) is 17.8 Å². The first-order valence-corrected chi connectivity index (χ1v) is 9.23. The van der Waals surface area contributed by atoms with E-state index >= 15 is 0 Å². The molecule has 2 aromatic heterocycles. The second kappa shape index (κ2) is 8.14. The van der Waals surface area contributed by atoms with E-state index in [1.807, 2.05) is 41.9 Å². The van der Waals surface area contributed by atoms with Crippen LogP contribution in [0.4, 0.5) is 0 Å². The highest BCUT2D eigenvalue weighted by molar-refractivity contribution is 7.08. The molecule has 0 saturated carbocycles. The predicted octanol–water partition coefficient (Wildman–Crippen LogP) is 3.71. The van der Waals surface area contributed by atoms with Gasteiger partial charge in [-0.1, -0.05) is 22.9 Å². The molecule has 0 bridgehead atoms. The van der Waals surface area contributed by atoms with Crippen molar-refractivity contribution in [2.45, 2.75) is 26.3 Å². The van der Waals surface area contributed by atoms with Crippen molar-refractivity contribution >= 4 is 17.2 Å². The zero-order valence-corrected chi connectivity index (χ0v) is 15.9. The molecule has 0 N–H and O–H groups in total. The molecule has 0 atom stereocenters. The Balaban J connectivity index is 1.57. The number of hydrogen-bond donors (Lipinski definition) is 0. The lowest BCUT2D eigenvalue weighted by Gasteiger charge is -2.19. The number of rotatable bonds is 7. The van der Waals surface area contributed by atoms with E-state index in [9.17, 15) is 4.79 Å². The number of nitrogens with zero attached hydrogens (tertiary/aromatic N) is 3. The van der Waals surface area contributed by atoms with Crippen LogP contribution in [0.15, 0.2) is 39.5 Å². The predicted molar refractivity (Wildman–Crippen MR) is 100 cm³/mol. The fourth-order valence-corrected chi connectivity index (χ4v) is 3.28. The molecule has 0 unspecified atom stereocenters. The van der Waals surface area contributed by atoms with Gasteiger partial charge in [-0.05, 0) is 24.4 Å². The van der Waals surface area contributed by atoms with E-state index in [4.69, 9.17) is 9.26 Å². The van der Waals surface area contributed by atoms with Crippen molar-refractivity contribution < 1.29 is 14.1 Å². The molecule has 1 amide bonds.